The predicted octanol–water partition coefficient (Wildman–Crippen LogP) is 2.22. The number of amides is 1. The van der Waals surface area contributed by atoms with E-state index in [1.165, 1.54) is 5.39 Å². The lowest BCUT2D eigenvalue weighted by Gasteiger charge is -2.14. The molecule has 1 saturated carbocycles. The Labute approximate surface area is 124 Å². The Hall–Kier alpha value is -2.07. The minimum Gasteiger partial charge on any atom is -0.483 e. The lowest BCUT2D eigenvalue weighted by molar-refractivity contribution is -0.123. The molecule has 0 bridgehead atoms. The van der Waals surface area contributed by atoms with Gasteiger partial charge in [0.2, 0.25) is 0 Å². The van der Waals surface area contributed by atoms with Gasteiger partial charge in [0.25, 0.3) is 5.91 Å². The summed E-state index contributed by atoms with van der Waals surface area (Å²) in [5.74, 6) is 0.732. The number of carbonyl (C=O) groups excluding carboxylic acids is 1. The summed E-state index contributed by atoms with van der Waals surface area (Å²) in [6.07, 6.45) is 2.18. The van der Waals surface area contributed by atoms with Crippen LogP contribution in [0.25, 0.3) is 10.8 Å². The molecule has 0 spiro atoms. The van der Waals surface area contributed by atoms with E-state index in [4.69, 9.17) is 4.74 Å². The first kappa shape index (κ1) is 13.9. The highest BCUT2D eigenvalue weighted by Gasteiger charge is 2.23. The van der Waals surface area contributed by atoms with Gasteiger partial charge in [0.15, 0.2) is 6.61 Å². The number of hydrogen-bond acceptors (Lipinski definition) is 3. The van der Waals surface area contributed by atoms with Gasteiger partial charge in [-0.05, 0) is 36.7 Å². The summed E-state index contributed by atoms with van der Waals surface area (Å²) in [6.45, 7) is 0.784. The zero-order valence-electron chi connectivity index (χ0n) is 12.2. The predicted molar refractivity (Wildman–Crippen MR) is 83.4 cm³/mol. The van der Waals surface area contributed by atoms with Gasteiger partial charge in [-0.15, -0.1) is 0 Å². The van der Waals surface area contributed by atoms with Gasteiger partial charge in [-0.3, -0.25) is 4.79 Å². The summed E-state index contributed by atoms with van der Waals surface area (Å²) in [7, 11) is 1.91. The SMILES string of the molecule is CNCc1c(OCC(=O)NC2CC2)ccc2ccccc12. The van der Waals surface area contributed by atoms with Crippen molar-refractivity contribution >= 4 is 16.7 Å². The van der Waals surface area contributed by atoms with Gasteiger partial charge >= 0.3 is 0 Å². The average Bonchev–Trinajstić information content (AvgIpc) is 3.30. The van der Waals surface area contributed by atoms with Crippen LogP contribution in [0.15, 0.2) is 36.4 Å². The molecule has 0 aliphatic heterocycles. The molecule has 0 atom stereocenters. The third kappa shape index (κ3) is 3.34. The zero-order valence-corrected chi connectivity index (χ0v) is 12.2. The van der Waals surface area contributed by atoms with Crippen molar-refractivity contribution in [2.75, 3.05) is 13.7 Å². The Morgan fingerprint density at radius 1 is 1.24 bits per heavy atom. The summed E-state index contributed by atoms with van der Waals surface area (Å²) in [5.41, 5.74) is 1.09. The van der Waals surface area contributed by atoms with Crippen molar-refractivity contribution in [1.29, 1.82) is 0 Å². The molecule has 4 heteroatoms. The maximum absolute atomic E-state index is 11.7. The molecule has 1 aliphatic rings. The third-order valence-electron chi connectivity index (χ3n) is 3.65. The fraction of sp³-hybridized carbons (Fsp3) is 0.353. The molecule has 1 aliphatic carbocycles. The molecule has 0 saturated heterocycles. The fourth-order valence-electron chi connectivity index (χ4n) is 2.45. The van der Waals surface area contributed by atoms with Crippen molar-refractivity contribution in [2.45, 2.75) is 25.4 Å². The number of benzene rings is 2. The monoisotopic (exact) mass is 284 g/mol. The smallest absolute Gasteiger partial charge is 0.258 e. The average molecular weight is 284 g/mol. The van der Waals surface area contributed by atoms with Gasteiger partial charge in [-0.2, -0.15) is 0 Å². The van der Waals surface area contributed by atoms with Crippen LogP contribution >= 0.6 is 0 Å². The second-order valence-electron chi connectivity index (χ2n) is 5.42. The molecular weight excluding hydrogens is 264 g/mol. The molecule has 110 valence electrons. The van der Waals surface area contributed by atoms with Crippen LogP contribution < -0.4 is 15.4 Å². The van der Waals surface area contributed by atoms with Gasteiger partial charge in [0.1, 0.15) is 5.75 Å². The second-order valence-corrected chi connectivity index (χ2v) is 5.42. The summed E-state index contributed by atoms with van der Waals surface area (Å²) < 4.78 is 5.74. The Morgan fingerprint density at radius 3 is 2.81 bits per heavy atom. The van der Waals surface area contributed by atoms with E-state index in [0.717, 1.165) is 29.5 Å². The van der Waals surface area contributed by atoms with Gasteiger partial charge in [0.05, 0.1) is 0 Å². The van der Waals surface area contributed by atoms with Gasteiger partial charge in [-0.1, -0.05) is 30.3 Å². The van der Waals surface area contributed by atoms with E-state index in [1.807, 2.05) is 31.3 Å². The molecule has 2 aromatic carbocycles. The molecule has 0 radical (unpaired) electrons. The highest BCUT2D eigenvalue weighted by molar-refractivity contribution is 5.88. The molecular formula is C17H20N2O2. The van der Waals surface area contributed by atoms with Crippen molar-refractivity contribution in [3.8, 4) is 5.75 Å². The van der Waals surface area contributed by atoms with Crippen LogP contribution in [-0.2, 0) is 11.3 Å². The number of carbonyl (C=O) groups is 1. The molecule has 0 aromatic heterocycles. The molecule has 2 aromatic rings. The maximum Gasteiger partial charge on any atom is 0.258 e. The molecule has 0 heterocycles. The summed E-state index contributed by atoms with van der Waals surface area (Å²) in [6, 6.07) is 12.5. The number of rotatable bonds is 6. The fourth-order valence-corrected chi connectivity index (χ4v) is 2.45. The van der Waals surface area contributed by atoms with E-state index < -0.39 is 0 Å². The van der Waals surface area contributed by atoms with Crippen molar-refractivity contribution in [3.63, 3.8) is 0 Å². The second kappa shape index (κ2) is 6.14. The van der Waals surface area contributed by atoms with E-state index in [1.54, 1.807) is 0 Å². The highest BCUT2D eigenvalue weighted by Crippen LogP contribution is 2.28. The molecule has 21 heavy (non-hydrogen) atoms. The van der Waals surface area contributed by atoms with Gasteiger partial charge in [0, 0.05) is 18.2 Å². The van der Waals surface area contributed by atoms with Crippen LogP contribution in [0.2, 0.25) is 0 Å². The van der Waals surface area contributed by atoms with Crippen LogP contribution in [-0.4, -0.2) is 25.6 Å². The highest BCUT2D eigenvalue weighted by atomic mass is 16.5. The Kier molecular flexibility index (Phi) is 4.06. The van der Waals surface area contributed by atoms with Gasteiger partial charge < -0.3 is 15.4 Å². The van der Waals surface area contributed by atoms with Crippen LogP contribution in [0, 0.1) is 0 Å². The number of nitrogens with one attached hydrogen (secondary N) is 2. The molecule has 2 N–H and O–H groups in total. The first-order valence-electron chi connectivity index (χ1n) is 7.35. The van der Waals surface area contributed by atoms with E-state index >= 15 is 0 Å². The van der Waals surface area contributed by atoms with Crippen molar-refractivity contribution in [1.82, 2.24) is 10.6 Å². The summed E-state index contributed by atoms with van der Waals surface area (Å²) >= 11 is 0. The largest absolute Gasteiger partial charge is 0.483 e. The minimum atomic E-state index is -0.0407. The van der Waals surface area contributed by atoms with Crippen molar-refractivity contribution in [2.24, 2.45) is 0 Å². The van der Waals surface area contributed by atoms with Crippen molar-refractivity contribution in [3.05, 3.63) is 42.0 Å². The minimum absolute atomic E-state index is 0.0407. The molecule has 1 amide bonds. The molecule has 3 rings (SSSR count). The quantitative estimate of drug-likeness (QED) is 0.855. The Balaban J connectivity index is 1.79. The number of ether oxygens (including phenoxy) is 1. The Bertz CT molecular complexity index is 650. The van der Waals surface area contributed by atoms with Gasteiger partial charge in [-0.25, -0.2) is 0 Å². The topological polar surface area (TPSA) is 50.4 Å². The lowest BCUT2D eigenvalue weighted by Crippen LogP contribution is -2.30. The lowest BCUT2D eigenvalue weighted by atomic mass is 10.0. The maximum atomic E-state index is 11.7. The zero-order chi connectivity index (χ0) is 14.7. The normalized spacial score (nSPS) is 14.1. The standard InChI is InChI=1S/C17H20N2O2/c1-18-10-15-14-5-3-2-4-12(14)6-9-16(15)21-11-17(20)19-13-7-8-13/h2-6,9,13,18H,7-8,10-11H2,1H3,(H,19,20). The van der Waals surface area contributed by atoms with Crippen LogP contribution in [0.4, 0.5) is 0 Å². The van der Waals surface area contributed by atoms with Crippen LogP contribution in [0.1, 0.15) is 18.4 Å². The Morgan fingerprint density at radius 2 is 2.05 bits per heavy atom. The van der Waals surface area contributed by atoms with E-state index in [9.17, 15) is 4.79 Å². The third-order valence-corrected chi connectivity index (χ3v) is 3.65. The first-order chi connectivity index (χ1) is 10.3. The van der Waals surface area contributed by atoms with Crippen LogP contribution in [0.5, 0.6) is 5.75 Å². The van der Waals surface area contributed by atoms with Crippen LogP contribution in [0.3, 0.4) is 0 Å². The molecule has 0 unspecified atom stereocenters. The van der Waals surface area contributed by atoms with Crippen molar-refractivity contribution < 1.29 is 9.53 Å². The summed E-state index contributed by atoms with van der Waals surface area (Å²) in [5, 5.41) is 8.44. The summed E-state index contributed by atoms with van der Waals surface area (Å²) in [4.78, 5) is 11.7. The first-order valence-corrected chi connectivity index (χ1v) is 7.35. The number of hydrogen-bond donors (Lipinski definition) is 2. The van der Waals surface area contributed by atoms with E-state index in [-0.39, 0.29) is 12.5 Å². The van der Waals surface area contributed by atoms with E-state index in [0.29, 0.717) is 12.6 Å². The van der Waals surface area contributed by atoms with E-state index in [2.05, 4.69) is 22.8 Å². The number of fused-ring (bicyclic) bond motifs is 1. The molecule has 1 fully saturated rings. The molecule has 4 nitrogen and oxygen atoms in total.